The molecule has 0 aliphatic carbocycles. The van der Waals surface area contributed by atoms with Gasteiger partial charge in [0.1, 0.15) is 0 Å². The van der Waals surface area contributed by atoms with Gasteiger partial charge >= 0.3 is 0 Å². The number of imidazole rings is 1. The van der Waals surface area contributed by atoms with Gasteiger partial charge in [-0.3, -0.25) is 9.69 Å². The van der Waals surface area contributed by atoms with Gasteiger partial charge < -0.3 is 14.6 Å². The van der Waals surface area contributed by atoms with Crippen molar-refractivity contribution in [3.8, 4) is 0 Å². The van der Waals surface area contributed by atoms with Crippen LogP contribution in [0.15, 0.2) is 59.8 Å². The third-order valence-electron chi connectivity index (χ3n) is 5.35. The van der Waals surface area contributed by atoms with Gasteiger partial charge in [0.25, 0.3) is 0 Å². The zero-order valence-electron chi connectivity index (χ0n) is 17.3. The minimum Gasteiger partial charge on any atom is -0.379 e. The molecule has 158 valence electrons. The number of morpholine rings is 1. The maximum atomic E-state index is 12.8. The van der Waals surface area contributed by atoms with Crippen molar-refractivity contribution < 1.29 is 9.53 Å². The molecule has 1 N–H and O–H groups in total. The number of benzene rings is 2. The van der Waals surface area contributed by atoms with E-state index in [4.69, 9.17) is 9.72 Å². The molecule has 7 heteroatoms. The lowest BCUT2D eigenvalue weighted by Gasteiger charge is -2.31. The summed E-state index contributed by atoms with van der Waals surface area (Å²) in [5.41, 5.74) is 3.21. The molecule has 0 spiro atoms. The number of nitrogens with one attached hydrogen (secondary N) is 1. The Labute approximate surface area is 181 Å². The molecule has 1 amide bonds. The lowest BCUT2D eigenvalue weighted by Crippen LogP contribution is -2.43. The Kier molecular flexibility index (Phi) is 7.04. The fourth-order valence-corrected chi connectivity index (χ4v) is 4.69. The summed E-state index contributed by atoms with van der Waals surface area (Å²) >= 11 is 1.49. The van der Waals surface area contributed by atoms with E-state index in [2.05, 4.69) is 39.9 Å². The lowest BCUT2D eigenvalue weighted by molar-refractivity contribution is -0.119. The van der Waals surface area contributed by atoms with Crippen LogP contribution < -0.4 is 5.32 Å². The first-order valence-electron chi connectivity index (χ1n) is 10.5. The molecule has 1 aliphatic rings. The number of fused-ring (bicyclic) bond motifs is 1. The number of rotatable bonds is 8. The van der Waals surface area contributed by atoms with Gasteiger partial charge in [-0.1, -0.05) is 54.2 Å². The number of hydrogen-bond donors (Lipinski definition) is 1. The first-order chi connectivity index (χ1) is 14.7. The molecule has 6 nitrogen and oxygen atoms in total. The number of carbonyl (C=O) groups is 1. The zero-order chi connectivity index (χ0) is 20.8. The molecule has 1 aliphatic heterocycles. The number of aromatic nitrogens is 2. The Bertz CT molecular complexity index is 970. The molecule has 1 unspecified atom stereocenters. The summed E-state index contributed by atoms with van der Waals surface area (Å²) < 4.78 is 7.62. The number of thioether (sulfide) groups is 1. The molecular formula is C23H28N4O2S. The molecule has 2 heterocycles. The van der Waals surface area contributed by atoms with E-state index >= 15 is 0 Å². The van der Waals surface area contributed by atoms with E-state index < -0.39 is 0 Å². The zero-order valence-corrected chi connectivity index (χ0v) is 18.1. The molecule has 1 aromatic heterocycles. The van der Waals surface area contributed by atoms with Crippen LogP contribution in [0.2, 0.25) is 0 Å². The molecule has 0 radical (unpaired) electrons. The van der Waals surface area contributed by atoms with Crippen molar-refractivity contribution >= 4 is 28.7 Å². The molecule has 4 rings (SSSR count). The van der Waals surface area contributed by atoms with Crippen molar-refractivity contribution in [3.63, 3.8) is 0 Å². The maximum absolute atomic E-state index is 12.8. The van der Waals surface area contributed by atoms with Gasteiger partial charge in [-0.05, 0) is 24.6 Å². The topological polar surface area (TPSA) is 59.4 Å². The Morgan fingerprint density at radius 3 is 2.63 bits per heavy atom. The summed E-state index contributed by atoms with van der Waals surface area (Å²) in [5.74, 6) is 0.368. The van der Waals surface area contributed by atoms with Crippen molar-refractivity contribution in [2.24, 2.45) is 0 Å². The van der Waals surface area contributed by atoms with Crippen LogP contribution in [0.3, 0.4) is 0 Å². The van der Waals surface area contributed by atoms with E-state index in [1.165, 1.54) is 11.8 Å². The van der Waals surface area contributed by atoms with E-state index in [0.29, 0.717) is 5.75 Å². The Morgan fingerprint density at radius 2 is 1.87 bits per heavy atom. The van der Waals surface area contributed by atoms with Crippen LogP contribution in [-0.4, -0.2) is 59.0 Å². The number of hydrogen-bond acceptors (Lipinski definition) is 5. The Balaban J connectivity index is 1.42. The summed E-state index contributed by atoms with van der Waals surface area (Å²) in [6.45, 7) is 7.01. The molecule has 1 atom stereocenters. The average Bonchev–Trinajstić information content (AvgIpc) is 3.16. The number of para-hydroxylation sites is 2. The Morgan fingerprint density at radius 1 is 1.13 bits per heavy atom. The fraction of sp³-hybridized carbons (Fsp3) is 0.391. The second kappa shape index (κ2) is 10.1. The molecule has 3 aromatic rings. The van der Waals surface area contributed by atoms with Crippen molar-refractivity contribution in [1.29, 1.82) is 0 Å². The standard InChI is InChI=1S/C23H28N4O2S/c1-2-27-21-11-7-6-10-19(21)25-23(27)30-17-22(28)24-20(18-8-4-3-5-9-18)16-26-12-14-29-15-13-26/h3-11,20H,2,12-17H2,1H3,(H,24,28). The minimum atomic E-state index is -0.0395. The number of aryl methyl sites for hydroxylation is 1. The van der Waals surface area contributed by atoms with Gasteiger partial charge in [0, 0.05) is 26.2 Å². The molecule has 1 fully saturated rings. The number of amides is 1. The Hall–Kier alpha value is -2.35. The number of carbonyl (C=O) groups excluding carboxylic acids is 1. The van der Waals surface area contributed by atoms with E-state index in [9.17, 15) is 4.79 Å². The fourth-order valence-electron chi connectivity index (χ4n) is 3.80. The van der Waals surface area contributed by atoms with Gasteiger partial charge in [-0.25, -0.2) is 4.98 Å². The van der Waals surface area contributed by atoms with Crippen LogP contribution in [0.4, 0.5) is 0 Å². The summed E-state index contributed by atoms with van der Waals surface area (Å²) in [4.78, 5) is 19.9. The van der Waals surface area contributed by atoms with Gasteiger partial charge in [0.2, 0.25) is 5.91 Å². The van der Waals surface area contributed by atoms with Crippen LogP contribution in [-0.2, 0) is 16.1 Å². The molecule has 2 aromatic carbocycles. The van der Waals surface area contributed by atoms with Gasteiger partial charge in [0.15, 0.2) is 5.16 Å². The molecule has 0 saturated carbocycles. The molecule has 1 saturated heterocycles. The van der Waals surface area contributed by atoms with Crippen LogP contribution in [0.5, 0.6) is 0 Å². The van der Waals surface area contributed by atoms with Crippen LogP contribution >= 0.6 is 11.8 Å². The molecule has 30 heavy (non-hydrogen) atoms. The highest BCUT2D eigenvalue weighted by molar-refractivity contribution is 7.99. The quantitative estimate of drug-likeness (QED) is 0.562. The highest BCUT2D eigenvalue weighted by Crippen LogP contribution is 2.24. The van der Waals surface area contributed by atoms with E-state index in [-0.39, 0.29) is 11.9 Å². The summed E-state index contributed by atoms with van der Waals surface area (Å²) in [6, 6.07) is 18.3. The summed E-state index contributed by atoms with van der Waals surface area (Å²) in [6.07, 6.45) is 0. The minimum absolute atomic E-state index is 0.0248. The van der Waals surface area contributed by atoms with Crippen LogP contribution in [0.25, 0.3) is 11.0 Å². The predicted octanol–water partition coefficient (Wildman–Crippen LogP) is 3.34. The predicted molar refractivity (Wildman–Crippen MR) is 121 cm³/mol. The van der Waals surface area contributed by atoms with Crippen LogP contribution in [0, 0.1) is 0 Å². The first kappa shape index (κ1) is 20.9. The normalized spacial score (nSPS) is 15.9. The maximum Gasteiger partial charge on any atom is 0.231 e. The van der Waals surface area contributed by atoms with Gasteiger partial charge in [-0.15, -0.1) is 0 Å². The van der Waals surface area contributed by atoms with Crippen molar-refractivity contribution in [1.82, 2.24) is 19.8 Å². The summed E-state index contributed by atoms with van der Waals surface area (Å²) in [7, 11) is 0. The first-order valence-corrected chi connectivity index (χ1v) is 11.5. The smallest absolute Gasteiger partial charge is 0.231 e. The molecule has 0 bridgehead atoms. The number of ether oxygens (including phenoxy) is 1. The van der Waals surface area contributed by atoms with Crippen LogP contribution in [0.1, 0.15) is 18.5 Å². The van der Waals surface area contributed by atoms with Crippen molar-refractivity contribution in [2.75, 3.05) is 38.6 Å². The highest BCUT2D eigenvalue weighted by atomic mass is 32.2. The van der Waals surface area contributed by atoms with E-state index in [1.807, 2.05) is 36.4 Å². The SMILES string of the molecule is CCn1c(SCC(=O)NC(CN2CCOCC2)c2ccccc2)nc2ccccc21. The highest BCUT2D eigenvalue weighted by Gasteiger charge is 2.20. The number of nitrogens with zero attached hydrogens (tertiary/aromatic N) is 3. The van der Waals surface area contributed by atoms with Gasteiger partial charge in [0.05, 0.1) is 36.0 Å². The monoisotopic (exact) mass is 424 g/mol. The summed E-state index contributed by atoms with van der Waals surface area (Å²) in [5, 5.41) is 4.13. The van der Waals surface area contributed by atoms with Crippen molar-refractivity contribution in [2.45, 2.75) is 24.7 Å². The second-order valence-corrected chi connectivity index (χ2v) is 8.30. The third-order valence-corrected chi connectivity index (χ3v) is 6.33. The van der Waals surface area contributed by atoms with E-state index in [1.54, 1.807) is 0 Å². The molecular weight excluding hydrogens is 396 g/mol. The lowest BCUT2D eigenvalue weighted by atomic mass is 10.1. The third kappa shape index (κ3) is 5.03. The van der Waals surface area contributed by atoms with E-state index in [0.717, 1.165) is 61.1 Å². The average molecular weight is 425 g/mol. The second-order valence-electron chi connectivity index (χ2n) is 7.36. The van der Waals surface area contributed by atoms with Crippen molar-refractivity contribution in [3.05, 3.63) is 60.2 Å². The largest absolute Gasteiger partial charge is 0.379 e. The van der Waals surface area contributed by atoms with Gasteiger partial charge in [-0.2, -0.15) is 0 Å².